The standard InChI is InChI=1S/C34H26BNO2/c1-19-16-21(3)31-24(17-19)23-11-5-7-14-27(23)36(31)32-22(4)18-29-30-34(32)37-28-15-8-6-12-25(28)35(30)26-13-9-10-20(2)33(26)38-29/h5-18H,1-4H3. The van der Waals surface area contributed by atoms with E-state index in [0.29, 0.717) is 0 Å². The van der Waals surface area contributed by atoms with Crippen LogP contribution >= 0.6 is 0 Å². The summed E-state index contributed by atoms with van der Waals surface area (Å²) in [5, 5.41) is 2.52. The van der Waals surface area contributed by atoms with Gasteiger partial charge in [-0.2, -0.15) is 0 Å². The Hall–Kier alpha value is -4.44. The van der Waals surface area contributed by atoms with Gasteiger partial charge in [-0.1, -0.05) is 66.2 Å². The lowest BCUT2D eigenvalue weighted by Gasteiger charge is -2.35. The molecule has 0 unspecified atom stereocenters. The third-order valence-electron chi connectivity index (χ3n) is 8.27. The van der Waals surface area contributed by atoms with Gasteiger partial charge in [-0.15, -0.1) is 0 Å². The van der Waals surface area contributed by atoms with Gasteiger partial charge in [-0.25, -0.2) is 0 Å². The summed E-state index contributed by atoms with van der Waals surface area (Å²) in [6.07, 6.45) is 0. The van der Waals surface area contributed by atoms with Gasteiger partial charge < -0.3 is 14.0 Å². The number of benzene rings is 5. The summed E-state index contributed by atoms with van der Waals surface area (Å²) in [5.41, 5.74) is 11.8. The molecule has 3 heterocycles. The fraction of sp³-hybridized carbons (Fsp3) is 0.118. The minimum absolute atomic E-state index is 0.0457. The molecule has 0 N–H and O–H groups in total. The molecule has 2 aliphatic heterocycles. The highest BCUT2D eigenvalue weighted by Gasteiger charge is 2.42. The SMILES string of the molecule is Cc1cc(C)c2c(c1)c1ccccc1n2-c1c(C)cc2c3c1Oc1ccccc1B3c1cccc(C)c1O2. The van der Waals surface area contributed by atoms with Crippen molar-refractivity contribution in [3.05, 3.63) is 107 Å². The average molecular weight is 491 g/mol. The van der Waals surface area contributed by atoms with Crippen molar-refractivity contribution in [2.24, 2.45) is 0 Å². The van der Waals surface area contributed by atoms with E-state index in [0.717, 1.165) is 45.3 Å². The third kappa shape index (κ3) is 2.75. The first-order chi connectivity index (χ1) is 18.5. The second kappa shape index (κ2) is 7.55. The van der Waals surface area contributed by atoms with Crippen LogP contribution in [0, 0.1) is 27.7 Å². The Labute approximate surface area is 222 Å². The zero-order chi connectivity index (χ0) is 25.7. The van der Waals surface area contributed by atoms with Crippen LogP contribution in [0.3, 0.4) is 0 Å². The maximum Gasteiger partial charge on any atom is 0.260 e. The van der Waals surface area contributed by atoms with E-state index in [1.165, 1.54) is 43.9 Å². The van der Waals surface area contributed by atoms with Crippen molar-refractivity contribution in [1.82, 2.24) is 4.57 Å². The zero-order valence-corrected chi connectivity index (χ0v) is 21.9. The van der Waals surface area contributed by atoms with Crippen LogP contribution in [0.4, 0.5) is 0 Å². The first-order valence-electron chi connectivity index (χ1n) is 13.2. The van der Waals surface area contributed by atoms with Crippen LogP contribution in [-0.2, 0) is 0 Å². The lowest BCUT2D eigenvalue weighted by molar-refractivity contribution is 0.461. The average Bonchev–Trinajstić information content (AvgIpc) is 3.23. The van der Waals surface area contributed by atoms with Gasteiger partial charge >= 0.3 is 0 Å². The van der Waals surface area contributed by atoms with Crippen LogP contribution in [0.15, 0.2) is 84.9 Å². The van der Waals surface area contributed by atoms with Gasteiger partial charge in [0.15, 0.2) is 5.75 Å². The summed E-state index contributed by atoms with van der Waals surface area (Å²) in [7, 11) is 0. The third-order valence-corrected chi connectivity index (χ3v) is 8.27. The second-order valence-electron chi connectivity index (χ2n) is 10.8. The minimum atomic E-state index is 0.0457. The van der Waals surface area contributed by atoms with Gasteiger partial charge in [-0.05, 0) is 79.6 Å². The fourth-order valence-electron chi connectivity index (χ4n) is 6.76. The molecule has 0 bridgehead atoms. The molecule has 2 aliphatic rings. The molecule has 8 rings (SSSR count). The lowest BCUT2D eigenvalue weighted by Crippen LogP contribution is -2.57. The highest BCUT2D eigenvalue weighted by molar-refractivity contribution is 6.98. The van der Waals surface area contributed by atoms with Crippen molar-refractivity contribution >= 4 is 44.9 Å². The number of ether oxygens (including phenoxy) is 2. The Kier molecular flexibility index (Phi) is 4.30. The summed E-state index contributed by atoms with van der Waals surface area (Å²) in [6, 6.07) is 30.4. The van der Waals surface area contributed by atoms with E-state index in [1.54, 1.807) is 0 Å². The monoisotopic (exact) mass is 491 g/mol. The fourth-order valence-corrected chi connectivity index (χ4v) is 6.76. The molecular weight excluding hydrogens is 465 g/mol. The van der Waals surface area contributed by atoms with Crippen LogP contribution in [-0.4, -0.2) is 11.3 Å². The lowest BCUT2D eigenvalue weighted by atomic mass is 9.34. The van der Waals surface area contributed by atoms with E-state index >= 15 is 0 Å². The molecule has 0 radical (unpaired) electrons. The molecule has 0 spiro atoms. The van der Waals surface area contributed by atoms with E-state index in [1.807, 2.05) is 0 Å². The molecule has 0 atom stereocenters. The van der Waals surface area contributed by atoms with Crippen molar-refractivity contribution in [3.63, 3.8) is 0 Å². The molecule has 0 amide bonds. The number of fused-ring (bicyclic) bond motifs is 7. The van der Waals surface area contributed by atoms with Crippen molar-refractivity contribution < 1.29 is 9.47 Å². The summed E-state index contributed by atoms with van der Waals surface area (Å²) in [4.78, 5) is 0. The van der Waals surface area contributed by atoms with Crippen molar-refractivity contribution in [2.45, 2.75) is 27.7 Å². The first-order valence-corrected chi connectivity index (χ1v) is 13.2. The van der Waals surface area contributed by atoms with Crippen molar-refractivity contribution in [3.8, 4) is 28.7 Å². The highest BCUT2D eigenvalue weighted by Crippen LogP contribution is 2.44. The molecule has 4 heteroatoms. The molecule has 38 heavy (non-hydrogen) atoms. The molecule has 182 valence electrons. The molecule has 0 saturated carbocycles. The van der Waals surface area contributed by atoms with E-state index in [2.05, 4.69) is 117 Å². The van der Waals surface area contributed by atoms with Crippen LogP contribution in [0.25, 0.3) is 27.5 Å². The summed E-state index contributed by atoms with van der Waals surface area (Å²) >= 11 is 0. The number of nitrogens with zero attached hydrogens (tertiary/aromatic N) is 1. The van der Waals surface area contributed by atoms with Gasteiger partial charge in [-0.3, -0.25) is 0 Å². The first kappa shape index (κ1) is 21.6. The predicted molar refractivity (Wildman–Crippen MR) is 157 cm³/mol. The highest BCUT2D eigenvalue weighted by atomic mass is 16.5. The normalized spacial score (nSPS) is 13.1. The van der Waals surface area contributed by atoms with Crippen LogP contribution in [0.5, 0.6) is 23.0 Å². The van der Waals surface area contributed by atoms with E-state index in [9.17, 15) is 0 Å². The van der Waals surface area contributed by atoms with Gasteiger partial charge in [0.25, 0.3) is 6.71 Å². The maximum absolute atomic E-state index is 6.87. The number of aryl methyl sites for hydroxylation is 4. The Balaban J connectivity index is 1.53. The number of aromatic nitrogens is 1. The number of para-hydroxylation sites is 3. The Morgan fingerprint density at radius 2 is 1.37 bits per heavy atom. The van der Waals surface area contributed by atoms with Gasteiger partial charge in [0, 0.05) is 16.2 Å². The molecule has 5 aromatic carbocycles. The maximum atomic E-state index is 6.87. The minimum Gasteiger partial charge on any atom is -0.458 e. The Morgan fingerprint density at radius 3 is 2.26 bits per heavy atom. The largest absolute Gasteiger partial charge is 0.458 e. The number of hydrogen-bond acceptors (Lipinski definition) is 2. The Bertz CT molecular complexity index is 1980. The van der Waals surface area contributed by atoms with Crippen molar-refractivity contribution in [1.29, 1.82) is 0 Å². The van der Waals surface area contributed by atoms with Crippen molar-refractivity contribution in [2.75, 3.05) is 0 Å². The van der Waals surface area contributed by atoms with E-state index in [4.69, 9.17) is 9.47 Å². The quantitative estimate of drug-likeness (QED) is 0.237. The second-order valence-corrected chi connectivity index (χ2v) is 10.8. The van der Waals surface area contributed by atoms with Crippen LogP contribution < -0.4 is 25.9 Å². The number of hydrogen-bond donors (Lipinski definition) is 0. The summed E-state index contributed by atoms with van der Waals surface area (Å²) in [5.74, 6) is 3.64. The molecular formula is C34H26BNO2. The topological polar surface area (TPSA) is 23.4 Å². The predicted octanol–water partition coefficient (Wildman–Crippen LogP) is 6.74. The molecule has 1 aromatic heterocycles. The molecule has 0 aliphatic carbocycles. The van der Waals surface area contributed by atoms with Crippen LogP contribution in [0.1, 0.15) is 22.3 Å². The zero-order valence-electron chi connectivity index (χ0n) is 21.9. The smallest absolute Gasteiger partial charge is 0.260 e. The summed E-state index contributed by atoms with van der Waals surface area (Å²) < 4.78 is 15.9. The van der Waals surface area contributed by atoms with Gasteiger partial charge in [0.2, 0.25) is 0 Å². The van der Waals surface area contributed by atoms with Gasteiger partial charge in [0.1, 0.15) is 17.2 Å². The number of rotatable bonds is 1. The Morgan fingerprint density at radius 1 is 0.605 bits per heavy atom. The molecule has 0 fully saturated rings. The molecule has 3 nitrogen and oxygen atoms in total. The van der Waals surface area contributed by atoms with E-state index in [-0.39, 0.29) is 6.71 Å². The van der Waals surface area contributed by atoms with Crippen LogP contribution in [0.2, 0.25) is 0 Å². The molecule has 6 aromatic rings. The van der Waals surface area contributed by atoms with E-state index < -0.39 is 0 Å². The van der Waals surface area contributed by atoms with Gasteiger partial charge in [0.05, 0.1) is 16.7 Å². The molecule has 0 saturated heterocycles. The summed E-state index contributed by atoms with van der Waals surface area (Å²) in [6.45, 7) is 8.73.